The number of nitrogens with zero attached hydrogens (tertiary/aromatic N) is 1. The average molecular weight is 420 g/mol. The molecule has 2 saturated carbocycles. The van der Waals surface area contributed by atoms with Gasteiger partial charge in [-0.15, -0.1) is 0 Å². The molecule has 1 aliphatic heterocycles. The Labute approximate surface area is 145 Å². The minimum absolute atomic E-state index is 0.0318. The van der Waals surface area contributed by atoms with Gasteiger partial charge in [0.05, 0.1) is 9.79 Å². The molecule has 0 radical (unpaired) electrons. The molecule has 2 aliphatic carbocycles. The highest BCUT2D eigenvalue weighted by Crippen LogP contribution is 2.57. The van der Waals surface area contributed by atoms with Gasteiger partial charge >= 0.3 is 0 Å². The predicted molar refractivity (Wildman–Crippen MR) is 89.3 cm³/mol. The summed E-state index contributed by atoms with van der Waals surface area (Å²) in [5, 5.41) is 0. The smallest absolute Gasteiger partial charge is 0.224 e. The van der Waals surface area contributed by atoms with Crippen LogP contribution in [0.5, 0.6) is 0 Å². The molecule has 23 heavy (non-hydrogen) atoms. The van der Waals surface area contributed by atoms with Crippen molar-refractivity contribution in [2.45, 2.75) is 35.1 Å². The van der Waals surface area contributed by atoms with E-state index >= 15 is 0 Å². The standard InChI is InChI=1S/C15H18BrNO4S2/c1-22(18,19)11-4-5-13(16)14(7-11)23(20,21)17-8-12-9-2-3-10(6-9)15(12)17/h4-5,7,9-10,12,15H,2-3,6,8H2,1H3/t9-,10-,12+,15-/m0/s1. The van der Waals surface area contributed by atoms with E-state index in [0.29, 0.717) is 28.8 Å². The molecule has 1 saturated heterocycles. The summed E-state index contributed by atoms with van der Waals surface area (Å²) in [6.45, 7) is 0.573. The van der Waals surface area contributed by atoms with Crippen LogP contribution in [-0.2, 0) is 19.9 Å². The fourth-order valence-electron chi connectivity index (χ4n) is 4.57. The molecule has 0 unspecified atom stereocenters. The van der Waals surface area contributed by atoms with Crippen LogP contribution in [0.2, 0.25) is 0 Å². The van der Waals surface area contributed by atoms with Crippen molar-refractivity contribution in [1.29, 1.82) is 0 Å². The Bertz CT molecular complexity index is 879. The first-order valence-electron chi connectivity index (χ1n) is 7.71. The zero-order valence-corrected chi connectivity index (χ0v) is 15.9. The Morgan fingerprint density at radius 3 is 2.48 bits per heavy atom. The highest BCUT2D eigenvalue weighted by Gasteiger charge is 2.59. The van der Waals surface area contributed by atoms with Crippen molar-refractivity contribution in [2.75, 3.05) is 12.8 Å². The molecule has 1 aromatic carbocycles. The van der Waals surface area contributed by atoms with E-state index in [-0.39, 0.29) is 15.8 Å². The quantitative estimate of drug-likeness (QED) is 0.752. The molecule has 0 N–H and O–H groups in total. The monoisotopic (exact) mass is 419 g/mol. The predicted octanol–water partition coefficient (Wildman–Crippen LogP) is 2.27. The van der Waals surface area contributed by atoms with Crippen LogP contribution in [0.1, 0.15) is 19.3 Å². The highest BCUT2D eigenvalue weighted by atomic mass is 79.9. The maximum Gasteiger partial charge on any atom is 0.244 e. The molecule has 3 aliphatic rings. The van der Waals surface area contributed by atoms with E-state index in [0.717, 1.165) is 19.1 Å². The molecule has 126 valence electrons. The number of benzene rings is 1. The third kappa shape index (κ3) is 2.33. The Morgan fingerprint density at radius 1 is 1.13 bits per heavy atom. The summed E-state index contributed by atoms with van der Waals surface area (Å²) in [6.07, 6.45) is 4.57. The molecule has 4 atom stereocenters. The Hall–Kier alpha value is -0.440. The Kier molecular flexibility index (Phi) is 3.51. The average Bonchev–Trinajstić information content (AvgIpc) is 2.93. The maximum absolute atomic E-state index is 13.0. The van der Waals surface area contributed by atoms with Gasteiger partial charge in [0.1, 0.15) is 0 Å². The molecule has 2 bridgehead atoms. The first-order chi connectivity index (χ1) is 10.7. The molecule has 5 nitrogen and oxygen atoms in total. The number of sulfone groups is 1. The van der Waals surface area contributed by atoms with Gasteiger partial charge in [0.2, 0.25) is 10.0 Å². The van der Waals surface area contributed by atoms with Crippen molar-refractivity contribution < 1.29 is 16.8 Å². The van der Waals surface area contributed by atoms with Gasteiger partial charge in [-0.25, -0.2) is 16.8 Å². The number of sulfonamides is 1. The van der Waals surface area contributed by atoms with Gasteiger partial charge in [-0.2, -0.15) is 4.31 Å². The molecule has 1 heterocycles. The largest absolute Gasteiger partial charge is 0.244 e. The molecule has 0 amide bonds. The summed E-state index contributed by atoms with van der Waals surface area (Å²) in [7, 11) is -7.12. The number of halogens is 1. The van der Waals surface area contributed by atoms with E-state index in [1.165, 1.54) is 24.6 Å². The van der Waals surface area contributed by atoms with Crippen molar-refractivity contribution in [1.82, 2.24) is 4.31 Å². The van der Waals surface area contributed by atoms with E-state index in [1.54, 1.807) is 4.31 Å². The van der Waals surface area contributed by atoms with E-state index in [4.69, 9.17) is 0 Å². The van der Waals surface area contributed by atoms with Crippen molar-refractivity contribution >= 4 is 35.8 Å². The van der Waals surface area contributed by atoms with E-state index in [9.17, 15) is 16.8 Å². The minimum Gasteiger partial charge on any atom is -0.224 e. The topological polar surface area (TPSA) is 71.5 Å². The summed E-state index contributed by atoms with van der Waals surface area (Å²) in [6, 6.07) is 4.32. The van der Waals surface area contributed by atoms with Crippen LogP contribution in [0.3, 0.4) is 0 Å². The van der Waals surface area contributed by atoms with Gasteiger partial charge in [0.25, 0.3) is 0 Å². The van der Waals surface area contributed by atoms with Crippen LogP contribution in [0.4, 0.5) is 0 Å². The van der Waals surface area contributed by atoms with E-state index < -0.39 is 19.9 Å². The summed E-state index contributed by atoms with van der Waals surface area (Å²) in [5.74, 6) is 1.66. The van der Waals surface area contributed by atoms with Gasteiger partial charge in [0.15, 0.2) is 9.84 Å². The summed E-state index contributed by atoms with van der Waals surface area (Å²) in [4.78, 5) is 0.0888. The lowest BCUT2D eigenvalue weighted by Crippen LogP contribution is -2.60. The van der Waals surface area contributed by atoms with Crippen molar-refractivity contribution in [3.05, 3.63) is 22.7 Å². The number of hydrogen-bond donors (Lipinski definition) is 0. The fourth-order valence-corrected chi connectivity index (χ4v) is 8.02. The second kappa shape index (κ2) is 5.03. The van der Waals surface area contributed by atoms with Crippen LogP contribution in [0.25, 0.3) is 0 Å². The van der Waals surface area contributed by atoms with Crippen LogP contribution in [-0.4, -0.2) is 40.0 Å². The normalized spacial score (nSPS) is 33.5. The first-order valence-corrected chi connectivity index (χ1v) is 11.8. The molecular formula is C15H18BrNO4S2. The van der Waals surface area contributed by atoms with Crippen molar-refractivity contribution in [3.8, 4) is 0 Å². The van der Waals surface area contributed by atoms with Crippen LogP contribution in [0, 0.1) is 17.8 Å². The highest BCUT2D eigenvalue weighted by molar-refractivity contribution is 9.10. The second-order valence-electron chi connectivity index (χ2n) is 6.93. The molecule has 4 rings (SSSR count). The zero-order chi connectivity index (χ0) is 16.6. The number of fused-ring (bicyclic) bond motifs is 5. The van der Waals surface area contributed by atoms with Gasteiger partial charge in [-0.1, -0.05) is 0 Å². The third-order valence-corrected chi connectivity index (χ3v) is 9.65. The van der Waals surface area contributed by atoms with E-state index in [1.807, 2.05) is 0 Å². The van der Waals surface area contributed by atoms with Gasteiger partial charge < -0.3 is 0 Å². The van der Waals surface area contributed by atoms with Gasteiger partial charge in [-0.3, -0.25) is 0 Å². The Morgan fingerprint density at radius 2 is 1.83 bits per heavy atom. The molecular weight excluding hydrogens is 402 g/mol. The van der Waals surface area contributed by atoms with Gasteiger partial charge in [-0.05, 0) is 71.1 Å². The molecule has 1 aromatic rings. The Balaban J connectivity index is 1.73. The lowest BCUT2D eigenvalue weighted by atomic mass is 9.79. The van der Waals surface area contributed by atoms with Crippen LogP contribution < -0.4 is 0 Å². The molecule has 0 aromatic heterocycles. The first kappa shape index (κ1) is 16.1. The molecule has 3 fully saturated rings. The summed E-state index contributed by atoms with van der Waals surface area (Å²) < 4.78 is 51.6. The second-order valence-corrected chi connectivity index (χ2v) is 11.7. The molecule has 0 spiro atoms. The number of rotatable bonds is 3. The van der Waals surface area contributed by atoms with Crippen molar-refractivity contribution in [3.63, 3.8) is 0 Å². The zero-order valence-electron chi connectivity index (χ0n) is 12.6. The van der Waals surface area contributed by atoms with Crippen molar-refractivity contribution in [2.24, 2.45) is 17.8 Å². The summed E-state index contributed by atoms with van der Waals surface area (Å²) in [5.41, 5.74) is 0. The van der Waals surface area contributed by atoms with Gasteiger partial charge in [0, 0.05) is 23.3 Å². The maximum atomic E-state index is 13.0. The lowest BCUT2D eigenvalue weighted by Gasteiger charge is -2.49. The third-order valence-electron chi connectivity index (χ3n) is 5.68. The van der Waals surface area contributed by atoms with E-state index in [2.05, 4.69) is 15.9 Å². The lowest BCUT2D eigenvalue weighted by molar-refractivity contribution is 0.0506. The summed E-state index contributed by atoms with van der Waals surface area (Å²) >= 11 is 3.27. The number of hydrogen-bond acceptors (Lipinski definition) is 4. The van der Waals surface area contributed by atoms with Crippen LogP contribution >= 0.6 is 15.9 Å². The molecule has 8 heteroatoms. The van der Waals surface area contributed by atoms with Crippen LogP contribution in [0.15, 0.2) is 32.5 Å². The SMILES string of the molecule is CS(=O)(=O)c1ccc(Br)c(S(=O)(=O)N2C[C@@H]3[C@H]4CC[C@@H](C4)[C@@H]32)c1. The minimum atomic E-state index is -3.67. The fraction of sp³-hybridized carbons (Fsp3) is 0.600.